The third-order valence-electron chi connectivity index (χ3n) is 3.24. The highest BCUT2D eigenvalue weighted by Crippen LogP contribution is 2.13. The molecule has 2 unspecified atom stereocenters. The molecule has 1 aromatic carbocycles. The quantitative estimate of drug-likeness (QED) is 0.746. The Kier molecular flexibility index (Phi) is 6.26. The molecule has 5 nitrogen and oxygen atoms in total. The van der Waals surface area contributed by atoms with Gasteiger partial charge in [-0.15, -0.1) is 0 Å². The average molecular weight is 281 g/mol. The Morgan fingerprint density at radius 3 is 2.75 bits per heavy atom. The number of benzene rings is 1. The van der Waals surface area contributed by atoms with Crippen molar-refractivity contribution in [3.05, 3.63) is 29.8 Å². The third-order valence-corrected chi connectivity index (χ3v) is 3.24. The molecular weight excluding hydrogens is 258 g/mol. The summed E-state index contributed by atoms with van der Waals surface area (Å²) in [7, 11) is 0. The third kappa shape index (κ3) is 5.09. The summed E-state index contributed by atoms with van der Waals surface area (Å²) in [5.41, 5.74) is 6.57. The molecule has 1 heterocycles. The molecular formula is C15H23NO4. The van der Waals surface area contributed by atoms with E-state index < -0.39 is 6.10 Å². The molecule has 0 aromatic heterocycles. The molecule has 0 spiro atoms. The van der Waals surface area contributed by atoms with Crippen molar-refractivity contribution in [2.45, 2.75) is 31.6 Å². The molecule has 112 valence electrons. The summed E-state index contributed by atoms with van der Waals surface area (Å²) in [6.07, 6.45) is 1.69. The number of rotatable bonds is 8. The highest BCUT2D eigenvalue weighted by Gasteiger charge is 2.16. The summed E-state index contributed by atoms with van der Waals surface area (Å²) < 4.78 is 16.4. The lowest BCUT2D eigenvalue weighted by Crippen LogP contribution is -2.26. The minimum Gasteiger partial charge on any atom is -0.491 e. The van der Waals surface area contributed by atoms with Gasteiger partial charge in [-0.1, -0.05) is 12.1 Å². The molecule has 0 bridgehead atoms. The second kappa shape index (κ2) is 8.21. The van der Waals surface area contributed by atoms with Crippen LogP contribution >= 0.6 is 0 Å². The Hall–Kier alpha value is -1.14. The van der Waals surface area contributed by atoms with E-state index in [0.717, 1.165) is 30.8 Å². The molecule has 1 fully saturated rings. The molecule has 0 amide bonds. The molecule has 1 saturated heterocycles. The van der Waals surface area contributed by atoms with Crippen LogP contribution in [-0.4, -0.2) is 43.7 Å². The second-order valence-electron chi connectivity index (χ2n) is 4.99. The van der Waals surface area contributed by atoms with E-state index in [1.54, 1.807) is 0 Å². The monoisotopic (exact) mass is 281 g/mol. The molecule has 0 saturated carbocycles. The van der Waals surface area contributed by atoms with Crippen molar-refractivity contribution in [2.75, 3.05) is 26.4 Å². The smallest absolute Gasteiger partial charge is 0.119 e. The molecule has 0 aliphatic carbocycles. The highest BCUT2D eigenvalue weighted by atomic mass is 16.5. The van der Waals surface area contributed by atoms with Gasteiger partial charge in [0.2, 0.25) is 0 Å². The molecule has 2 rings (SSSR count). The van der Waals surface area contributed by atoms with E-state index in [-0.39, 0.29) is 19.3 Å². The van der Waals surface area contributed by atoms with Crippen molar-refractivity contribution in [1.82, 2.24) is 0 Å². The maximum absolute atomic E-state index is 9.77. The molecule has 0 radical (unpaired) electrons. The van der Waals surface area contributed by atoms with E-state index in [4.69, 9.17) is 19.9 Å². The Bertz CT molecular complexity index is 376. The fourth-order valence-corrected chi connectivity index (χ4v) is 2.07. The zero-order chi connectivity index (χ0) is 14.2. The van der Waals surface area contributed by atoms with Crippen molar-refractivity contribution in [3.63, 3.8) is 0 Å². The Labute approximate surface area is 119 Å². The fourth-order valence-electron chi connectivity index (χ4n) is 2.07. The summed E-state index contributed by atoms with van der Waals surface area (Å²) >= 11 is 0. The van der Waals surface area contributed by atoms with Gasteiger partial charge in [-0.25, -0.2) is 0 Å². The fraction of sp³-hybridized carbons (Fsp3) is 0.600. The van der Waals surface area contributed by atoms with Gasteiger partial charge in [-0.3, -0.25) is 0 Å². The number of aliphatic hydroxyl groups is 1. The van der Waals surface area contributed by atoms with Crippen LogP contribution in [0, 0.1) is 0 Å². The normalized spacial score (nSPS) is 20.0. The van der Waals surface area contributed by atoms with Crippen LogP contribution in [-0.2, 0) is 16.0 Å². The average Bonchev–Trinajstić information content (AvgIpc) is 2.99. The first kappa shape index (κ1) is 15.3. The van der Waals surface area contributed by atoms with E-state index in [0.29, 0.717) is 13.2 Å². The van der Waals surface area contributed by atoms with Crippen molar-refractivity contribution >= 4 is 0 Å². The molecule has 20 heavy (non-hydrogen) atoms. The van der Waals surface area contributed by atoms with Gasteiger partial charge in [-0.05, 0) is 30.5 Å². The lowest BCUT2D eigenvalue weighted by Gasteiger charge is -2.15. The van der Waals surface area contributed by atoms with Crippen LogP contribution < -0.4 is 10.5 Å². The van der Waals surface area contributed by atoms with Gasteiger partial charge in [0.1, 0.15) is 18.5 Å². The van der Waals surface area contributed by atoms with Crippen LogP contribution in [0.3, 0.4) is 0 Å². The maximum atomic E-state index is 9.77. The first-order valence-corrected chi connectivity index (χ1v) is 7.07. The molecule has 1 aliphatic rings. The van der Waals surface area contributed by atoms with Crippen molar-refractivity contribution in [3.8, 4) is 5.75 Å². The van der Waals surface area contributed by atoms with E-state index in [1.807, 2.05) is 24.3 Å². The highest BCUT2D eigenvalue weighted by molar-refractivity contribution is 5.27. The zero-order valence-electron chi connectivity index (χ0n) is 11.7. The van der Waals surface area contributed by atoms with E-state index in [2.05, 4.69) is 0 Å². The molecule has 1 aliphatic heterocycles. The van der Waals surface area contributed by atoms with Crippen molar-refractivity contribution < 1.29 is 19.3 Å². The minimum absolute atomic E-state index is 0.187. The standard InChI is InChI=1S/C15H23NO4/c16-8-12-3-5-14(6-4-12)20-10-13(17)9-18-11-15-2-1-7-19-15/h3-6,13,15,17H,1-2,7-11,16H2. The number of hydrogen-bond donors (Lipinski definition) is 2. The topological polar surface area (TPSA) is 73.9 Å². The molecule has 1 aromatic rings. The number of nitrogens with two attached hydrogens (primary N) is 1. The molecule has 5 heteroatoms. The van der Waals surface area contributed by atoms with Crippen LogP contribution in [0.15, 0.2) is 24.3 Å². The Morgan fingerprint density at radius 1 is 1.30 bits per heavy atom. The number of ether oxygens (including phenoxy) is 3. The van der Waals surface area contributed by atoms with Gasteiger partial charge in [0.15, 0.2) is 0 Å². The zero-order valence-corrected chi connectivity index (χ0v) is 11.7. The van der Waals surface area contributed by atoms with E-state index >= 15 is 0 Å². The van der Waals surface area contributed by atoms with E-state index in [1.165, 1.54) is 0 Å². The SMILES string of the molecule is NCc1ccc(OCC(O)COCC2CCCO2)cc1. The van der Waals surface area contributed by atoms with Crippen LogP contribution in [0.4, 0.5) is 0 Å². The first-order chi connectivity index (χ1) is 9.78. The van der Waals surface area contributed by atoms with Gasteiger partial charge in [0.05, 0.1) is 19.3 Å². The van der Waals surface area contributed by atoms with Gasteiger partial charge in [-0.2, -0.15) is 0 Å². The summed E-state index contributed by atoms with van der Waals surface area (Å²) in [5, 5.41) is 9.77. The number of hydrogen-bond acceptors (Lipinski definition) is 5. The van der Waals surface area contributed by atoms with Crippen LogP contribution in [0.2, 0.25) is 0 Å². The second-order valence-corrected chi connectivity index (χ2v) is 4.99. The largest absolute Gasteiger partial charge is 0.491 e. The number of aliphatic hydroxyl groups excluding tert-OH is 1. The molecule has 3 N–H and O–H groups in total. The lowest BCUT2D eigenvalue weighted by molar-refractivity contribution is -0.0277. The van der Waals surface area contributed by atoms with Crippen LogP contribution in [0.1, 0.15) is 18.4 Å². The maximum Gasteiger partial charge on any atom is 0.119 e. The van der Waals surface area contributed by atoms with Crippen LogP contribution in [0.25, 0.3) is 0 Å². The predicted octanol–water partition coefficient (Wildman–Crippen LogP) is 1.08. The summed E-state index contributed by atoms with van der Waals surface area (Å²) in [4.78, 5) is 0. The van der Waals surface area contributed by atoms with Gasteiger partial charge in [0, 0.05) is 13.2 Å². The predicted molar refractivity (Wildman–Crippen MR) is 75.6 cm³/mol. The van der Waals surface area contributed by atoms with Crippen LogP contribution in [0.5, 0.6) is 5.75 Å². The van der Waals surface area contributed by atoms with Crippen molar-refractivity contribution in [1.29, 1.82) is 0 Å². The lowest BCUT2D eigenvalue weighted by atomic mass is 10.2. The first-order valence-electron chi connectivity index (χ1n) is 7.07. The van der Waals surface area contributed by atoms with E-state index in [9.17, 15) is 5.11 Å². The summed E-state index contributed by atoms with van der Waals surface area (Å²) in [6, 6.07) is 7.52. The van der Waals surface area contributed by atoms with Gasteiger partial charge >= 0.3 is 0 Å². The van der Waals surface area contributed by atoms with Crippen molar-refractivity contribution in [2.24, 2.45) is 5.73 Å². The molecule has 2 atom stereocenters. The van der Waals surface area contributed by atoms with Gasteiger partial charge in [0.25, 0.3) is 0 Å². The van der Waals surface area contributed by atoms with Gasteiger partial charge < -0.3 is 25.1 Å². The minimum atomic E-state index is -0.634. The summed E-state index contributed by atoms with van der Waals surface area (Å²) in [5.74, 6) is 0.723. The summed E-state index contributed by atoms with van der Waals surface area (Å²) in [6.45, 7) is 2.36. The Balaban J connectivity index is 1.59. The Morgan fingerprint density at radius 2 is 2.10 bits per heavy atom.